The molecule has 68 valence electrons. The summed E-state index contributed by atoms with van der Waals surface area (Å²) in [5.74, 6) is 0.282. The molecule has 0 aromatic rings. The molecule has 0 aliphatic heterocycles. The average Bonchev–Trinajstić information content (AvgIpc) is 2.16. The number of hydrogen-bond acceptors (Lipinski definition) is 2. The third kappa shape index (κ3) is 1.20. The van der Waals surface area contributed by atoms with Gasteiger partial charge in [-0.15, -0.1) is 0 Å². The van der Waals surface area contributed by atoms with Gasteiger partial charge in [-0.3, -0.25) is 4.79 Å². The highest BCUT2D eigenvalue weighted by Gasteiger charge is 2.37. The molecule has 0 heterocycles. The first-order valence-corrected chi connectivity index (χ1v) is 4.36. The van der Waals surface area contributed by atoms with Gasteiger partial charge in [0.25, 0.3) is 0 Å². The largest absolute Gasteiger partial charge is 0.384 e. The predicted octanol–water partition coefficient (Wildman–Crippen LogP) is 1.54. The van der Waals surface area contributed by atoms with Crippen LogP contribution in [-0.2, 0) is 4.79 Å². The molecule has 0 aromatic carbocycles. The van der Waals surface area contributed by atoms with E-state index in [1.807, 2.05) is 20.8 Å². The van der Waals surface area contributed by atoms with Crippen LogP contribution in [0.5, 0.6) is 0 Å². The van der Waals surface area contributed by atoms with Gasteiger partial charge >= 0.3 is 0 Å². The quantitative estimate of drug-likeness (QED) is 0.644. The van der Waals surface area contributed by atoms with Gasteiger partial charge in [-0.25, -0.2) is 0 Å². The van der Waals surface area contributed by atoms with Crippen LogP contribution >= 0.6 is 0 Å². The summed E-state index contributed by atoms with van der Waals surface area (Å²) in [6.07, 6.45) is -0.787. The molecule has 0 saturated carbocycles. The van der Waals surface area contributed by atoms with Crippen molar-refractivity contribution in [1.82, 2.24) is 0 Å². The SMILES string of the molecule is CC1=C(C)C(C(C)C)C(O)C1=O. The predicted molar refractivity (Wildman–Crippen MR) is 47.7 cm³/mol. The van der Waals surface area contributed by atoms with Gasteiger partial charge in [0, 0.05) is 5.92 Å². The maximum absolute atomic E-state index is 11.3. The van der Waals surface area contributed by atoms with Crippen LogP contribution < -0.4 is 0 Å². The number of carbonyl (C=O) groups is 1. The smallest absolute Gasteiger partial charge is 0.187 e. The molecule has 1 aliphatic carbocycles. The second-order valence-corrected chi connectivity index (χ2v) is 3.89. The minimum Gasteiger partial charge on any atom is -0.384 e. The molecule has 2 nitrogen and oxygen atoms in total. The Morgan fingerprint density at radius 2 is 1.83 bits per heavy atom. The maximum atomic E-state index is 11.3. The van der Waals surface area contributed by atoms with Crippen LogP contribution in [0.15, 0.2) is 11.1 Å². The Morgan fingerprint density at radius 3 is 2.00 bits per heavy atom. The third-order valence-electron chi connectivity index (χ3n) is 2.79. The standard InChI is InChI=1S/C10H16O2/c1-5(2)8-6(3)7(4)9(11)10(8)12/h5,8,10,12H,1-4H3. The monoisotopic (exact) mass is 168 g/mol. The van der Waals surface area contributed by atoms with E-state index in [0.29, 0.717) is 5.92 Å². The van der Waals surface area contributed by atoms with E-state index in [1.165, 1.54) is 0 Å². The number of ketones is 1. The molecule has 1 aliphatic rings. The number of Topliss-reactive ketones (excluding diaryl/α,β-unsaturated/α-hetero) is 1. The summed E-state index contributed by atoms with van der Waals surface area (Å²) in [5, 5.41) is 9.58. The van der Waals surface area contributed by atoms with E-state index in [0.717, 1.165) is 11.1 Å². The van der Waals surface area contributed by atoms with E-state index in [4.69, 9.17) is 0 Å². The van der Waals surface area contributed by atoms with Crippen molar-refractivity contribution in [2.75, 3.05) is 0 Å². The average molecular weight is 168 g/mol. The van der Waals surface area contributed by atoms with Crippen LogP contribution in [0.2, 0.25) is 0 Å². The molecule has 0 saturated heterocycles. The molecule has 12 heavy (non-hydrogen) atoms. The van der Waals surface area contributed by atoms with Crippen molar-refractivity contribution < 1.29 is 9.90 Å². The van der Waals surface area contributed by atoms with E-state index in [-0.39, 0.29) is 11.7 Å². The fourth-order valence-electron chi connectivity index (χ4n) is 1.93. The molecule has 2 unspecified atom stereocenters. The molecular weight excluding hydrogens is 152 g/mol. The number of aliphatic hydroxyl groups is 1. The fourth-order valence-corrected chi connectivity index (χ4v) is 1.93. The third-order valence-corrected chi connectivity index (χ3v) is 2.79. The van der Waals surface area contributed by atoms with Crippen molar-refractivity contribution in [3.8, 4) is 0 Å². The lowest BCUT2D eigenvalue weighted by atomic mass is 9.88. The molecule has 1 rings (SSSR count). The molecule has 0 amide bonds. The second kappa shape index (κ2) is 3.02. The highest BCUT2D eigenvalue weighted by atomic mass is 16.3. The molecule has 0 aromatic heterocycles. The second-order valence-electron chi connectivity index (χ2n) is 3.89. The van der Waals surface area contributed by atoms with E-state index >= 15 is 0 Å². The Labute approximate surface area is 73.3 Å². The van der Waals surface area contributed by atoms with Crippen molar-refractivity contribution in [3.63, 3.8) is 0 Å². The van der Waals surface area contributed by atoms with Gasteiger partial charge in [0.1, 0.15) is 6.10 Å². The van der Waals surface area contributed by atoms with Gasteiger partial charge in [0.05, 0.1) is 0 Å². The Bertz CT molecular complexity index is 238. The van der Waals surface area contributed by atoms with Crippen molar-refractivity contribution in [1.29, 1.82) is 0 Å². The summed E-state index contributed by atoms with van der Waals surface area (Å²) in [6, 6.07) is 0. The van der Waals surface area contributed by atoms with Gasteiger partial charge in [-0.05, 0) is 25.3 Å². The van der Waals surface area contributed by atoms with Gasteiger partial charge in [0.15, 0.2) is 5.78 Å². The summed E-state index contributed by atoms with van der Waals surface area (Å²) < 4.78 is 0. The van der Waals surface area contributed by atoms with Crippen molar-refractivity contribution in [2.24, 2.45) is 11.8 Å². The van der Waals surface area contributed by atoms with E-state index in [9.17, 15) is 9.90 Å². The first kappa shape index (κ1) is 9.46. The fraction of sp³-hybridized carbons (Fsp3) is 0.700. The Balaban J connectivity index is 2.99. The molecule has 0 spiro atoms. The molecule has 1 N–H and O–H groups in total. The molecule has 2 atom stereocenters. The van der Waals surface area contributed by atoms with Gasteiger partial charge in [0.2, 0.25) is 0 Å². The van der Waals surface area contributed by atoms with Crippen LogP contribution in [0.1, 0.15) is 27.7 Å². The Hall–Kier alpha value is -0.630. The normalized spacial score (nSPS) is 30.7. The number of aliphatic hydroxyl groups excluding tert-OH is 1. The maximum Gasteiger partial charge on any atom is 0.187 e. The molecule has 2 heteroatoms. The minimum atomic E-state index is -0.787. The van der Waals surface area contributed by atoms with Gasteiger partial charge in [-0.1, -0.05) is 19.4 Å². The zero-order chi connectivity index (χ0) is 9.46. The van der Waals surface area contributed by atoms with E-state index in [1.54, 1.807) is 6.92 Å². The molecule has 0 bridgehead atoms. The molecule has 0 radical (unpaired) electrons. The van der Waals surface area contributed by atoms with Crippen molar-refractivity contribution in [2.45, 2.75) is 33.8 Å². The van der Waals surface area contributed by atoms with Crippen LogP contribution in [-0.4, -0.2) is 17.0 Å². The first-order chi connectivity index (χ1) is 5.46. The number of rotatable bonds is 1. The molecular formula is C10H16O2. The minimum absolute atomic E-state index is 0.0394. The van der Waals surface area contributed by atoms with Crippen LogP contribution in [0, 0.1) is 11.8 Å². The lowest BCUT2D eigenvalue weighted by Crippen LogP contribution is -2.27. The highest BCUT2D eigenvalue weighted by molar-refractivity contribution is 6.02. The number of carbonyl (C=O) groups excluding carboxylic acids is 1. The van der Waals surface area contributed by atoms with E-state index < -0.39 is 6.10 Å². The number of hydrogen-bond donors (Lipinski definition) is 1. The zero-order valence-corrected chi connectivity index (χ0v) is 8.09. The van der Waals surface area contributed by atoms with Crippen LogP contribution in [0.3, 0.4) is 0 Å². The first-order valence-electron chi connectivity index (χ1n) is 4.36. The lowest BCUT2D eigenvalue weighted by molar-refractivity contribution is -0.124. The van der Waals surface area contributed by atoms with Crippen LogP contribution in [0.25, 0.3) is 0 Å². The summed E-state index contributed by atoms with van der Waals surface area (Å²) in [7, 11) is 0. The van der Waals surface area contributed by atoms with Gasteiger partial charge < -0.3 is 5.11 Å². The molecule has 0 fully saturated rings. The Morgan fingerprint density at radius 1 is 1.33 bits per heavy atom. The topological polar surface area (TPSA) is 37.3 Å². The van der Waals surface area contributed by atoms with Crippen molar-refractivity contribution >= 4 is 5.78 Å². The highest BCUT2D eigenvalue weighted by Crippen LogP contribution is 2.34. The van der Waals surface area contributed by atoms with Gasteiger partial charge in [-0.2, -0.15) is 0 Å². The summed E-state index contributed by atoms with van der Waals surface area (Å²) in [4.78, 5) is 11.3. The summed E-state index contributed by atoms with van der Waals surface area (Å²) in [5.41, 5.74) is 1.81. The lowest BCUT2D eigenvalue weighted by Gasteiger charge is -2.19. The zero-order valence-electron chi connectivity index (χ0n) is 8.09. The summed E-state index contributed by atoms with van der Waals surface area (Å²) in [6.45, 7) is 7.80. The van der Waals surface area contributed by atoms with Crippen LogP contribution in [0.4, 0.5) is 0 Å². The van der Waals surface area contributed by atoms with Crippen molar-refractivity contribution in [3.05, 3.63) is 11.1 Å². The van der Waals surface area contributed by atoms with E-state index in [2.05, 4.69) is 0 Å². The summed E-state index contributed by atoms with van der Waals surface area (Å²) >= 11 is 0. The Kier molecular flexibility index (Phi) is 2.38.